The third kappa shape index (κ3) is 5.56. The van der Waals surface area contributed by atoms with Crippen LogP contribution in [0, 0.1) is 0 Å². The van der Waals surface area contributed by atoms with Gasteiger partial charge in [0.15, 0.2) is 17.5 Å². The Morgan fingerprint density at radius 1 is 0.482 bits per heavy atom. The number of benzene rings is 7. The Balaban J connectivity index is 1.00. The van der Waals surface area contributed by atoms with Crippen LogP contribution in [-0.4, -0.2) is 20.7 Å². The van der Waals surface area contributed by atoms with Crippen molar-refractivity contribution in [3.63, 3.8) is 0 Å². The predicted molar refractivity (Wildman–Crippen MR) is 229 cm³/mol. The minimum atomic E-state index is -0.263. The fourth-order valence-electron chi connectivity index (χ4n) is 7.69. The van der Waals surface area contributed by atoms with Crippen molar-refractivity contribution < 1.29 is 4.42 Å². The summed E-state index contributed by atoms with van der Waals surface area (Å²) >= 11 is 1.79. The minimum Gasteiger partial charge on any atom is -0.456 e. The number of hydrogen-bond donors (Lipinski definition) is 1. The van der Waals surface area contributed by atoms with E-state index in [0.29, 0.717) is 17.5 Å². The van der Waals surface area contributed by atoms with E-state index in [2.05, 4.69) is 108 Å². The lowest BCUT2D eigenvalue weighted by Crippen LogP contribution is -2.19. The number of hydrogen-bond acceptors (Lipinski definition) is 7. The molecule has 6 nitrogen and oxygen atoms in total. The molecule has 10 aromatic rings. The van der Waals surface area contributed by atoms with E-state index in [1.165, 1.54) is 15.0 Å². The summed E-state index contributed by atoms with van der Waals surface area (Å²) in [6.07, 6.45) is -0.263. The number of aromatic nitrogens is 3. The fourth-order valence-corrected chi connectivity index (χ4v) is 8.88. The second-order valence-corrected chi connectivity index (χ2v) is 14.9. The molecule has 1 aliphatic heterocycles. The van der Waals surface area contributed by atoms with Gasteiger partial charge in [-0.3, -0.25) is 4.99 Å². The van der Waals surface area contributed by atoms with Gasteiger partial charge in [-0.05, 0) is 47.0 Å². The third-order valence-corrected chi connectivity index (χ3v) is 11.5. The Morgan fingerprint density at radius 3 is 1.84 bits per heavy atom. The van der Waals surface area contributed by atoms with Gasteiger partial charge in [0, 0.05) is 43.1 Å². The summed E-state index contributed by atoms with van der Waals surface area (Å²) < 4.78 is 7.83. The zero-order chi connectivity index (χ0) is 37.0. The van der Waals surface area contributed by atoms with Crippen LogP contribution in [0.3, 0.4) is 0 Å². The van der Waals surface area contributed by atoms with E-state index in [-0.39, 0.29) is 6.17 Å². The zero-order valence-corrected chi connectivity index (χ0v) is 30.7. The summed E-state index contributed by atoms with van der Waals surface area (Å²) in [5.41, 5.74) is 10.8. The summed E-state index contributed by atoms with van der Waals surface area (Å²) in [7, 11) is 0. The maximum absolute atomic E-state index is 6.58. The van der Waals surface area contributed by atoms with E-state index < -0.39 is 0 Å². The van der Waals surface area contributed by atoms with Gasteiger partial charge in [0.05, 0.1) is 16.3 Å². The maximum Gasteiger partial charge on any atom is 0.164 e. The van der Waals surface area contributed by atoms with Gasteiger partial charge in [-0.15, -0.1) is 11.3 Å². The molecule has 0 amide bonds. The van der Waals surface area contributed by atoms with Crippen LogP contribution in [0.1, 0.15) is 22.2 Å². The topological polar surface area (TPSA) is 76.2 Å². The smallest absolute Gasteiger partial charge is 0.164 e. The van der Waals surface area contributed by atoms with E-state index in [1.54, 1.807) is 11.3 Å². The predicted octanol–water partition coefficient (Wildman–Crippen LogP) is 12.6. The van der Waals surface area contributed by atoms with E-state index in [9.17, 15) is 0 Å². The summed E-state index contributed by atoms with van der Waals surface area (Å²) in [5, 5.41) is 7.12. The second kappa shape index (κ2) is 13.3. The SMILES string of the molecule is c1ccc(C2=NC(c3cccc(-c4cccc5oc6cc(-c7nc(-c8ccccc8)nc(-c8ccccc8)n7)ccc6c45)c3)Nc3c2sc2ccccc32)cc1. The summed E-state index contributed by atoms with van der Waals surface area (Å²) in [6, 6.07) is 60.4. The first-order valence-electron chi connectivity index (χ1n) is 18.6. The van der Waals surface area contributed by atoms with Gasteiger partial charge >= 0.3 is 0 Å². The lowest BCUT2D eigenvalue weighted by Gasteiger charge is -2.24. The van der Waals surface area contributed by atoms with Crippen LogP contribution in [0.2, 0.25) is 0 Å². The van der Waals surface area contributed by atoms with Crippen molar-refractivity contribution in [2.45, 2.75) is 6.17 Å². The molecule has 56 heavy (non-hydrogen) atoms. The van der Waals surface area contributed by atoms with Crippen molar-refractivity contribution in [2.75, 3.05) is 5.32 Å². The number of aliphatic imine (C=N–C) groups is 1. The molecule has 1 N–H and O–H groups in total. The first kappa shape index (κ1) is 32.2. The van der Waals surface area contributed by atoms with Crippen LogP contribution < -0.4 is 5.32 Å². The standard InChI is InChI=1S/C49H31N5OS/c1-4-14-30(15-5-1)43-45-44(38-22-10-11-25-41(38)56-45)51-48(50-43)34-21-12-20-33(28-34)36-23-13-24-39-42(36)37-27-26-35(29-40(37)55-39)49-53-46(31-16-6-2-7-17-31)52-47(54-49)32-18-8-3-9-19-32/h1-29,48,51H. The quantitative estimate of drug-likeness (QED) is 0.184. The fraction of sp³-hybridized carbons (Fsp3) is 0.0204. The van der Waals surface area contributed by atoms with Gasteiger partial charge in [-0.25, -0.2) is 15.0 Å². The molecule has 0 bridgehead atoms. The molecular weight excluding hydrogens is 707 g/mol. The molecular formula is C49H31N5OS. The Bertz CT molecular complexity index is 3060. The maximum atomic E-state index is 6.58. The molecule has 0 fully saturated rings. The normalized spacial score (nSPS) is 13.8. The van der Waals surface area contributed by atoms with Gasteiger partial charge in [0.1, 0.15) is 17.3 Å². The molecule has 3 aromatic heterocycles. The number of nitrogens with one attached hydrogen (secondary N) is 1. The van der Waals surface area contributed by atoms with Crippen molar-refractivity contribution in [3.05, 3.63) is 192 Å². The molecule has 4 heterocycles. The number of nitrogens with zero attached hydrogens (tertiary/aromatic N) is 4. The minimum absolute atomic E-state index is 0.263. The summed E-state index contributed by atoms with van der Waals surface area (Å²) in [6.45, 7) is 0. The molecule has 1 aliphatic rings. The van der Waals surface area contributed by atoms with E-state index in [0.717, 1.165) is 72.3 Å². The van der Waals surface area contributed by atoms with Crippen molar-refractivity contribution in [2.24, 2.45) is 4.99 Å². The van der Waals surface area contributed by atoms with Gasteiger partial charge < -0.3 is 9.73 Å². The second-order valence-electron chi connectivity index (χ2n) is 13.8. The monoisotopic (exact) mass is 737 g/mol. The molecule has 0 radical (unpaired) electrons. The van der Waals surface area contributed by atoms with Gasteiger partial charge in [-0.2, -0.15) is 0 Å². The first-order valence-corrected chi connectivity index (χ1v) is 19.4. The molecule has 7 aromatic carbocycles. The molecule has 1 unspecified atom stereocenters. The molecule has 1 atom stereocenters. The van der Waals surface area contributed by atoms with Gasteiger partial charge in [-0.1, -0.05) is 146 Å². The molecule has 0 saturated carbocycles. The van der Waals surface area contributed by atoms with E-state index in [1.807, 2.05) is 72.8 Å². The Kier molecular flexibility index (Phi) is 7.64. The molecule has 0 aliphatic carbocycles. The highest BCUT2D eigenvalue weighted by atomic mass is 32.1. The van der Waals surface area contributed by atoms with Crippen LogP contribution >= 0.6 is 11.3 Å². The van der Waals surface area contributed by atoms with E-state index in [4.69, 9.17) is 24.4 Å². The lowest BCUT2D eigenvalue weighted by atomic mass is 9.96. The molecule has 0 saturated heterocycles. The molecule has 0 spiro atoms. The highest BCUT2D eigenvalue weighted by Gasteiger charge is 2.27. The number of anilines is 1. The Morgan fingerprint density at radius 2 is 1.11 bits per heavy atom. The largest absolute Gasteiger partial charge is 0.456 e. The Labute approximate surface area is 326 Å². The number of furan rings is 1. The molecule has 7 heteroatoms. The van der Waals surface area contributed by atoms with Crippen LogP contribution in [0.4, 0.5) is 5.69 Å². The lowest BCUT2D eigenvalue weighted by molar-refractivity contribution is 0.669. The van der Waals surface area contributed by atoms with Crippen molar-refractivity contribution in [1.29, 1.82) is 0 Å². The highest BCUT2D eigenvalue weighted by Crippen LogP contribution is 2.44. The number of fused-ring (bicyclic) bond motifs is 6. The van der Waals surface area contributed by atoms with Crippen molar-refractivity contribution in [3.8, 4) is 45.3 Å². The van der Waals surface area contributed by atoms with Gasteiger partial charge in [0.25, 0.3) is 0 Å². The van der Waals surface area contributed by atoms with Crippen molar-refractivity contribution >= 4 is 54.8 Å². The molecule has 11 rings (SSSR count). The van der Waals surface area contributed by atoms with Crippen LogP contribution in [0.25, 0.3) is 77.3 Å². The average molecular weight is 738 g/mol. The Hall–Kier alpha value is -7.22. The number of thiophene rings is 1. The summed E-state index contributed by atoms with van der Waals surface area (Å²) in [5.74, 6) is 1.83. The first-order chi connectivity index (χ1) is 27.7. The number of rotatable bonds is 6. The highest BCUT2D eigenvalue weighted by molar-refractivity contribution is 7.22. The third-order valence-electron chi connectivity index (χ3n) is 10.4. The molecule has 264 valence electrons. The van der Waals surface area contributed by atoms with Crippen LogP contribution in [0.5, 0.6) is 0 Å². The zero-order valence-electron chi connectivity index (χ0n) is 29.9. The van der Waals surface area contributed by atoms with Crippen LogP contribution in [0.15, 0.2) is 185 Å². The van der Waals surface area contributed by atoms with E-state index >= 15 is 0 Å². The summed E-state index contributed by atoms with van der Waals surface area (Å²) in [4.78, 5) is 21.3. The van der Waals surface area contributed by atoms with Crippen molar-refractivity contribution in [1.82, 2.24) is 15.0 Å². The van der Waals surface area contributed by atoms with Gasteiger partial charge in [0.2, 0.25) is 0 Å². The average Bonchev–Trinajstić information content (AvgIpc) is 3.85. The van der Waals surface area contributed by atoms with Crippen LogP contribution in [-0.2, 0) is 0 Å².